The van der Waals surface area contributed by atoms with E-state index in [1.807, 2.05) is 50.2 Å². The van der Waals surface area contributed by atoms with Crippen LogP contribution in [-0.4, -0.2) is 37.1 Å². The van der Waals surface area contributed by atoms with Crippen molar-refractivity contribution in [3.63, 3.8) is 0 Å². The molecule has 1 heterocycles. The van der Waals surface area contributed by atoms with E-state index in [0.717, 1.165) is 18.4 Å². The maximum Gasteiger partial charge on any atom is 0.157 e. The molecule has 1 aliphatic rings. The molecular formula is C19H31NO3S. The van der Waals surface area contributed by atoms with Gasteiger partial charge in [-0.05, 0) is 46.1 Å². The number of aliphatic hydroxyl groups is 1. The zero-order valence-corrected chi connectivity index (χ0v) is 16.3. The standard InChI is InChI=1S/C19H31NO3S/c1-14-11-12-17(23-18(14)21)15(2)20(24(22)19(3,4)5)13-16-9-7-6-8-10-16/h6-10,14-15,17-18,21H,11-13H2,1-5H3. The van der Waals surface area contributed by atoms with Gasteiger partial charge < -0.3 is 14.4 Å². The van der Waals surface area contributed by atoms with Gasteiger partial charge in [-0.2, -0.15) is 0 Å². The predicted molar refractivity (Wildman–Crippen MR) is 98.6 cm³/mol. The molecule has 0 aliphatic carbocycles. The Hall–Kier alpha value is -0.590. The molecule has 1 fully saturated rings. The Morgan fingerprint density at radius 1 is 1.29 bits per heavy atom. The van der Waals surface area contributed by atoms with Gasteiger partial charge in [0.25, 0.3) is 0 Å². The van der Waals surface area contributed by atoms with Crippen LogP contribution in [-0.2, 0) is 22.6 Å². The number of aliphatic hydroxyl groups excluding tert-OH is 1. The molecule has 2 rings (SSSR count). The van der Waals surface area contributed by atoms with Gasteiger partial charge in [0, 0.05) is 17.3 Å². The summed E-state index contributed by atoms with van der Waals surface area (Å²) in [5.41, 5.74) is 1.13. The monoisotopic (exact) mass is 353 g/mol. The smallest absolute Gasteiger partial charge is 0.157 e. The van der Waals surface area contributed by atoms with Crippen LogP contribution < -0.4 is 0 Å². The average molecular weight is 354 g/mol. The van der Waals surface area contributed by atoms with E-state index in [-0.39, 0.29) is 22.8 Å². The third-order valence-corrected chi connectivity index (χ3v) is 6.55. The third-order valence-electron chi connectivity index (χ3n) is 4.62. The first-order chi connectivity index (χ1) is 11.2. The van der Waals surface area contributed by atoms with Crippen molar-refractivity contribution in [2.45, 2.75) is 77.2 Å². The number of hydrogen-bond acceptors (Lipinski definition) is 4. The molecule has 0 radical (unpaired) electrons. The molecule has 1 N–H and O–H groups in total. The van der Waals surface area contributed by atoms with Crippen LogP contribution in [0.5, 0.6) is 0 Å². The minimum absolute atomic E-state index is 0.0348. The molecule has 5 unspecified atom stereocenters. The average Bonchev–Trinajstić information content (AvgIpc) is 2.54. The minimum Gasteiger partial charge on any atom is -0.597 e. The van der Waals surface area contributed by atoms with Crippen LogP contribution in [0.2, 0.25) is 0 Å². The highest BCUT2D eigenvalue weighted by Gasteiger charge is 2.41. The number of benzene rings is 1. The van der Waals surface area contributed by atoms with Crippen LogP contribution in [0.1, 0.15) is 53.0 Å². The Kier molecular flexibility index (Phi) is 6.74. The number of hydrogen-bond donors (Lipinski definition) is 1. The molecule has 1 aliphatic heterocycles. The fraction of sp³-hybridized carbons (Fsp3) is 0.684. The first kappa shape index (κ1) is 19.7. The van der Waals surface area contributed by atoms with Gasteiger partial charge in [-0.1, -0.05) is 37.3 Å². The van der Waals surface area contributed by atoms with Crippen LogP contribution in [0.25, 0.3) is 0 Å². The SMILES string of the molecule is CC1CCC(C(C)N(Cc2ccccc2)[S+]([O-])C(C)(C)C)OC1O. The zero-order chi connectivity index (χ0) is 17.9. The largest absolute Gasteiger partial charge is 0.597 e. The van der Waals surface area contributed by atoms with Gasteiger partial charge >= 0.3 is 0 Å². The van der Waals surface area contributed by atoms with Crippen LogP contribution in [0.15, 0.2) is 30.3 Å². The highest BCUT2D eigenvalue weighted by molar-refractivity contribution is 7.90. The van der Waals surface area contributed by atoms with Gasteiger partial charge in [-0.15, -0.1) is 4.31 Å². The van der Waals surface area contributed by atoms with Crippen molar-refractivity contribution < 1.29 is 14.4 Å². The van der Waals surface area contributed by atoms with E-state index in [2.05, 4.69) is 19.1 Å². The maximum absolute atomic E-state index is 13.1. The second kappa shape index (κ2) is 8.19. The molecule has 0 amide bonds. The lowest BCUT2D eigenvalue weighted by molar-refractivity contribution is -0.200. The van der Waals surface area contributed by atoms with Crippen molar-refractivity contribution in [3.8, 4) is 0 Å². The van der Waals surface area contributed by atoms with Crippen LogP contribution in [0.3, 0.4) is 0 Å². The molecule has 5 atom stereocenters. The molecule has 0 bridgehead atoms. The summed E-state index contributed by atoms with van der Waals surface area (Å²) >= 11 is -1.16. The second-order valence-electron chi connectivity index (χ2n) is 7.78. The molecule has 1 saturated heterocycles. The normalized spacial score (nSPS) is 27.9. The van der Waals surface area contributed by atoms with Crippen LogP contribution in [0.4, 0.5) is 0 Å². The van der Waals surface area contributed by atoms with E-state index in [0.29, 0.717) is 6.54 Å². The second-order valence-corrected chi connectivity index (χ2v) is 9.97. The van der Waals surface area contributed by atoms with E-state index in [4.69, 9.17) is 4.74 Å². The lowest BCUT2D eigenvalue weighted by atomic mass is 9.95. The molecule has 4 nitrogen and oxygen atoms in total. The highest BCUT2D eigenvalue weighted by atomic mass is 32.2. The quantitative estimate of drug-likeness (QED) is 0.824. The van der Waals surface area contributed by atoms with Gasteiger partial charge in [0.15, 0.2) is 6.29 Å². The summed E-state index contributed by atoms with van der Waals surface area (Å²) in [6.07, 6.45) is 0.975. The van der Waals surface area contributed by atoms with Crippen molar-refractivity contribution in [1.29, 1.82) is 0 Å². The maximum atomic E-state index is 13.1. The number of rotatable bonds is 5. The van der Waals surface area contributed by atoms with Gasteiger partial charge in [-0.3, -0.25) is 0 Å². The van der Waals surface area contributed by atoms with Gasteiger partial charge in [0.2, 0.25) is 0 Å². The van der Waals surface area contributed by atoms with Gasteiger partial charge in [-0.25, -0.2) is 0 Å². The Morgan fingerprint density at radius 3 is 2.46 bits per heavy atom. The molecular weight excluding hydrogens is 322 g/mol. The third kappa shape index (κ3) is 4.96. The first-order valence-electron chi connectivity index (χ1n) is 8.76. The van der Waals surface area contributed by atoms with Crippen LogP contribution in [0, 0.1) is 5.92 Å². The number of ether oxygens (including phenoxy) is 1. The Balaban J connectivity index is 2.18. The van der Waals surface area contributed by atoms with Crippen molar-refractivity contribution in [1.82, 2.24) is 4.31 Å². The molecule has 136 valence electrons. The van der Waals surface area contributed by atoms with Crippen molar-refractivity contribution in [2.24, 2.45) is 5.92 Å². The zero-order valence-electron chi connectivity index (χ0n) is 15.4. The molecule has 1 aromatic carbocycles. The summed E-state index contributed by atoms with van der Waals surface area (Å²) in [6, 6.07) is 10.1. The van der Waals surface area contributed by atoms with Crippen LogP contribution >= 0.6 is 0 Å². The fourth-order valence-electron chi connectivity index (χ4n) is 2.96. The molecule has 0 saturated carbocycles. The molecule has 0 spiro atoms. The molecule has 24 heavy (non-hydrogen) atoms. The van der Waals surface area contributed by atoms with Crippen molar-refractivity contribution in [3.05, 3.63) is 35.9 Å². The van der Waals surface area contributed by atoms with Crippen molar-refractivity contribution in [2.75, 3.05) is 0 Å². The summed E-state index contributed by atoms with van der Waals surface area (Å²) in [5.74, 6) is 0.157. The van der Waals surface area contributed by atoms with E-state index in [1.165, 1.54) is 0 Å². The Bertz CT molecular complexity index is 505. The minimum atomic E-state index is -1.16. The summed E-state index contributed by atoms with van der Waals surface area (Å²) < 4.78 is 20.6. The predicted octanol–water partition coefficient (Wildman–Crippen LogP) is 3.47. The van der Waals surface area contributed by atoms with E-state index in [9.17, 15) is 9.66 Å². The lowest BCUT2D eigenvalue weighted by Gasteiger charge is -2.41. The topological polar surface area (TPSA) is 55.8 Å². The summed E-state index contributed by atoms with van der Waals surface area (Å²) in [5, 5.41) is 10.1. The molecule has 1 aromatic rings. The van der Waals surface area contributed by atoms with Crippen molar-refractivity contribution >= 4 is 11.4 Å². The fourth-order valence-corrected chi connectivity index (χ4v) is 4.37. The van der Waals surface area contributed by atoms with Gasteiger partial charge in [0.05, 0.1) is 18.7 Å². The Morgan fingerprint density at radius 2 is 1.92 bits per heavy atom. The lowest BCUT2D eigenvalue weighted by Crippen LogP contribution is -2.53. The molecule has 0 aromatic heterocycles. The highest BCUT2D eigenvalue weighted by Crippen LogP contribution is 2.31. The summed E-state index contributed by atoms with van der Waals surface area (Å²) in [4.78, 5) is 0. The molecule has 5 heteroatoms. The summed E-state index contributed by atoms with van der Waals surface area (Å²) in [6.45, 7) is 10.6. The van der Waals surface area contributed by atoms with E-state index in [1.54, 1.807) is 0 Å². The van der Waals surface area contributed by atoms with Gasteiger partial charge in [0.1, 0.15) is 4.75 Å². The summed E-state index contributed by atoms with van der Waals surface area (Å²) in [7, 11) is 0. The first-order valence-corrected chi connectivity index (χ1v) is 9.87. The van der Waals surface area contributed by atoms with E-state index < -0.39 is 17.7 Å². The Labute approximate surface area is 149 Å². The number of nitrogens with zero attached hydrogens (tertiary/aromatic N) is 1. The van der Waals surface area contributed by atoms with E-state index >= 15 is 0 Å².